The Balaban J connectivity index is 3.33. The van der Waals surface area contributed by atoms with Crippen LogP contribution in [0, 0.1) is 11.3 Å². The van der Waals surface area contributed by atoms with E-state index in [1.54, 1.807) is 0 Å². The Morgan fingerprint density at radius 2 is 2.00 bits per heavy atom. The highest BCUT2D eigenvalue weighted by atomic mass is 19.4. The van der Waals surface area contributed by atoms with Gasteiger partial charge in [-0.05, 0) is 19.4 Å². The van der Waals surface area contributed by atoms with Gasteiger partial charge in [-0.2, -0.15) is 18.4 Å². The summed E-state index contributed by atoms with van der Waals surface area (Å²) in [7, 11) is 0. The van der Waals surface area contributed by atoms with Crippen LogP contribution < -0.4 is 5.32 Å². The first-order valence-corrected chi connectivity index (χ1v) is 4.31. The minimum Gasteiger partial charge on any atom is -0.382 e. The summed E-state index contributed by atoms with van der Waals surface area (Å²) in [6.45, 7) is -0.106. The maximum atomic E-state index is 11.7. The molecule has 0 aliphatic rings. The number of nitrogens with zero attached hydrogens (tertiary/aromatic N) is 1. The second kappa shape index (κ2) is 6.62. The first-order chi connectivity index (χ1) is 6.48. The standard InChI is InChI=1S/C8H13F3N2O/c9-8(10,11)7(14)6-13-5-3-1-2-4-12/h7,13-14H,1-3,5-6H2. The number of nitrogens with one attached hydrogen (secondary N) is 1. The molecule has 3 nitrogen and oxygen atoms in total. The van der Waals surface area contributed by atoms with Crippen LogP contribution in [-0.2, 0) is 0 Å². The predicted molar refractivity (Wildman–Crippen MR) is 44.4 cm³/mol. The van der Waals surface area contributed by atoms with Gasteiger partial charge in [0.15, 0.2) is 6.10 Å². The van der Waals surface area contributed by atoms with E-state index in [4.69, 9.17) is 10.4 Å². The molecule has 1 atom stereocenters. The predicted octanol–water partition coefficient (Wildman–Crippen LogP) is 1.19. The summed E-state index contributed by atoms with van der Waals surface area (Å²) in [5, 5.41) is 19.2. The summed E-state index contributed by atoms with van der Waals surface area (Å²) in [4.78, 5) is 0. The third-order valence-electron chi connectivity index (χ3n) is 1.61. The Bertz CT molecular complexity index is 188. The van der Waals surface area contributed by atoms with Crippen LogP contribution in [0.5, 0.6) is 0 Å². The van der Waals surface area contributed by atoms with E-state index < -0.39 is 18.8 Å². The minimum atomic E-state index is -4.56. The Hall–Kier alpha value is -0.800. The molecule has 0 heterocycles. The van der Waals surface area contributed by atoms with Gasteiger partial charge >= 0.3 is 6.18 Å². The van der Waals surface area contributed by atoms with E-state index in [0.29, 0.717) is 25.8 Å². The van der Waals surface area contributed by atoms with Crippen LogP contribution in [0.3, 0.4) is 0 Å². The molecule has 6 heteroatoms. The third kappa shape index (κ3) is 6.69. The van der Waals surface area contributed by atoms with Crippen molar-refractivity contribution in [2.24, 2.45) is 0 Å². The van der Waals surface area contributed by atoms with Crippen molar-refractivity contribution in [3.8, 4) is 6.07 Å². The van der Waals surface area contributed by atoms with Gasteiger partial charge in [-0.1, -0.05) is 0 Å². The molecule has 0 saturated heterocycles. The molecular weight excluding hydrogens is 197 g/mol. The van der Waals surface area contributed by atoms with E-state index in [9.17, 15) is 13.2 Å². The van der Waals surface area contributed by atoms with Crippen molar-refractivity contribution >= 4 is 0 Å². The third-order valence-corrected chi connectivity index (χ3v) is 1.61. The summed E-state index contributed by atoms with van der Waals surface area (Å²) in [6.07, 6.45) is -5.16. The molecule has 0 saturated carbocycles. The summed E-state index contributed by atoms with van der Waals surface area (Å²) >= 11 is 0. The number of hydrogen-bond donors (Lipinski definition) is 2. The minimum absolute atomic E-state index is 0.384. The van der Waals surface area contributed by atoms with Gasteiger partial charge in [-0.15, -0.1) is 0 Å². The first kappa shape index (κ1) is 13.2. The van der Waals surface area contributed by atoms with E-state index in [1.165, 1.54) is 0 Å². The molecule has 0 aromatic rings. The van der Waals surface area contributed by atoms with Gasteiger partial charge in [-0.3, -0.25) is 0 Å². The lowest BCUT2D eigenvalue weighted by Crippen LogP contribution is -2.38. The molecule has 0 aromatic carbocycles. The zero-order valence-corrected chi connectivity index (χ0v) is 7.64. The summed E-state index contributed by atoms with van der Waals surface area (Å²) in [6, 6.07) is 1.93. The van der Waals surface area contributed by atoms with Crippen molar-refractivity contribution in [2.45, 2.75) is 31.5 Å². The average molecular weight is 210 g/mol. The summed E-state index contributed by atoms with van der Waals surface area (Å²) in [5.74, 6) is 0. The molecule has 0 aliphatic carbocycles. The van der Waals surface area contributed by atoms with Gasteiger partial charge in [0, 0.05) is 13.0 Å². The van der Waals surface area contributed by atoms with Crippen molar-refractivity contribution in [2.75, 3.05) is 13.1 Å². The van der Waals surface area contributed by atoms with Crippen molar-refractivity contribution in [3.63, 3.8) is 0 Å². The van der Waals surface area contributed by atoms with Crippen LogP contribution in [0.2, 0.25) is 0 Å². The first-order valence-electron chi connectivity index (χ1n) is 4.31. The van der Waals surface area contributed by atoms with Gasteiger partial charge in [-0.25, -0.2) is 0 Å². The van der Waals surface area contributed by atoms with E-state index in [2.05, 4.69) is 5.32 Å². The molecule has 14 heavy (non-hydrogen) atoms. The van der Waals surface area contributed by atoms with Crippen molar-refractivity contribution < 1.29 is 18.3 Å². The molecule has 2 N–H and O–H groups in total. The Morgan fingerprint density at radius 3 is 2.50 bits per heavy atom. The number of rotatable bonds is 6. The Labute approximate surface area is 80.5 Å². The average Bonchev–Trinajstić information content (AvgIpc) is 2.09. The maximum absolute atomic E-state index is 11.7. The van der Waals surface area contributed by atoms with Crippen molar-refractivity contribution in [1.82, 2.24) is 5.32 Å². The second-order valence-electron chi connectivity index (χ2n) is 2.88. The molecule has 0 bridgehead atoms. The zero-order chi connectivity index (χ0) is 11.0. The quantitative estimate of drug-likeness (QED) is 0.647. The molecule has 0 spiro atoms. The number of hydrogen-bond acceptors (Lipinski definition) is 3. The van der Waals surface area contributed by atoms with Crippen LogP contribution >= 0.6 is 0 Å². The summed E-state index contributed by atoms with van der Waals surface area (Å²) < 4.78 is 35.2. The topological polar surface area (TPSA) is 56.0 Å². The van der Waals surface area contributed by atoms with Gasteiger partial charge in [0.05, 0.1) is 6.07 Å². The van der Waals surface area contributed by atoms with Crippen LogP contribution in [-0.4, -0.2) is 30.5 Å². The largest absolute Gasteiger partial charge is 0.415 e. The fraction of sp³-hybridized carbons (Fsp3) is 0.875. The highest BCUT2D eigenvalue weighted by Crippen LogP contribution is 2.19. The monoisotopic (exact) mass is 210 g/mol. The second-order valence-corrected chi connectivity index (χ2v) is 2.88. The number of aliphatic hydroxyl groups excluding tert-OH is 1. The normalized spacial score (nSPS) is 13.6. The van der Waals surface area contributed by atoms with Crippen LogP contribution in [0.25, 0.3) is 0 Å². The lowest BCUT2D eigenvalue weighted by atomic mass is 10.2. The molecule has 0 aromatic heterocycles. The fourth-order valence-electron chi connectivity index (χ4n) is 0.809. The summed E-state index contributed by atoms with van der Waals surface area (Å²) in [5.41, 5.74) is 0. The van der Waals surface area contributed by atoms with Gasteiger partial charge < -0.3 is 10.4 Å². The lowest BCUT2D eigenvalue weighted by Gasteiger charge is -2.14. The number of nitriles is 1. The molecule has 1 unspecified atom stereocenters. The molecule has 82 valence electrons. The molecule has 0 rings (SSSR count). The highest BCUT2D eigenvalue weighted by molar-refractivity contribution is 4.70. The van der Waals surface area contributed by atoms with E-state index in [-0.39, 0.29) is 0 Å². The number of aliphatic hydroxyl groups is 1. The van der Waals surface area contributed by atoms with Crippen LogP contribution in [0.1, 0.15) is 19.3 Å². The van der Waals surface area contributed by atoms with E-state index in [0.717, 1.165) is 0 Å². The van der Waals surface area contributed by atoms with E-state index in [1.807, 2.05) is 6.07 Å². The number of alkyl halides is 3. The molecular formula is C8H13F3N2O. The van der Waals surface area contributed by atoms with Gasteiger partial charge in [0.2, 0.25) is 0 Å². The van der Waals surface area contributed by atoms with E-state index >= 15 is 0 Å². The Morgan fingerprint density at radius 1 is 1.36 bits per heavy atom. The van der Waals surface area contributed by atoms with Crippen molar-refractivity contribution in [3.05, 3.63) is 0 Å². The van der Waals surface area contributed by atoms with Gasteiger partial charge in [0.1, 0.15) is 0 Å². The lowest BCUT2D eigenvalue weighted by molar-refractivity contribution is -0.201. The SMILES string of the molecule is N#CCCCCNCC(O)C(F)(F)F. The fourth-order valence-corrected chi connectivity index (χ4v) is 0.809. The molecule has 0 radical (unpaired) electrons. The van der Waals surface area contributed by atoms with Gasteiger partial charge in [0.25, 0.3) is 0 Å². The number of unbranched alkanes of at least 4 members (excludes halogenated alkanes) is 2. The Kier molecular flexibility index (Phi) is 6.25. The van der Waals surface area contributed by atoms with Crippen molar-refractivity contribution in [1.29, 1.82) is 5.26 Å². The highest BCUT2D eigenvalue weighted by Gasteiger charge is 2.37. The maximum Gasteiger partial charge on any atom is 0.415 e. The van der Waals surface area contributed by atoms with Crippen LogP contribution in [0.15, 0.2) is 0 Å². The molecule has 0 aliphatic heterocycles. The van der Waals surface area contributed by atoms with Crippen LogP contribution in [0.4, 0.5) is 13.2 Å². The smallest absolute Gasteiger partial charge is 0.382 e. The zero-order valence-electron chi connectivity index (χ0n) is 7.64. The number of halogens is 3. The molecule has 0 fully saturated rings. The molecule has 0 amide bonds.